The molecule has 13 heteroatoms. The molecule has 0 spiro atoms. The van der Waals surface area contributed by atoms with Crippen LogP contribution in [-0.4, -0.2) is 33.9 Å². The molecule has 0 radical (unpaired) electrons. The smallest absolute Gasteiger partial charge is 0.328 e. The number of ether oxygens (including phenoxy) is 2. The van der Waals surface area contributed by atoms with E-state index in [9.17, 15) is 18.0 Å². The summed E-state index contributed by atoms with van der Waals surface area (Å²) in [7, 11) is -2.82. The molecule has 4 N–H and O–H groups in total. The van der Waals surface area contributed by atoms with Gasteiger partial charge in [0.05, 0.1) is 24.2 Å². The normalized spacial score (nSPS) is 10.9. The molecule has 0 aliphatic rings. The fraction of sp³-hybridized carbons (Fsp3) is 0.167. The molecule has 0 heterocycles. The minimum Gasteiger partial charge on any atom is -0.493 e. The van der Waals surface area contributed by atoms with Crippen LogP contribution in [0.3, 0.4) is 0 Å². The summed E-state index contributed by atoms with van der Waals surface area (Å²) >= 11 is 12.0. The average Bonchev–Trinajstić information content (AvgIpc) is 2.85. The summed E-state index contributed by atoms with van der Waals surface area (Å²) in [5.74, 6) is 4.37. The van der Waals surface area contributed by atoms with E-state index in [1.807, 2.05) is 0 Å². The fourth-order valence-corrected chi connectivity index (χ4v) is 5.06. The summed E-state index contributed by atoms with van der Waals surface area (Å²) in [4.78, 5) is 27.9. The number of amides is 1. The van der Waals surface area contributed by atoms with Crippen molar-refractivity contribution in [2.45, 2.75) is 18.2 Å². The van der Waals surface area contributed by atoms with E-state index in [-0.39, 0.29) is 49.9 Å². The zero-order valence-electron chi connectivity index (χ0n) is 19.7. The third-order valence-electron chi connectivity index (χ3n) is 4.93. The summed E-state index contributed by atoms with van der Waals surface area (Å²) in [6.07, 6.45) is -0.0960. The molecule has 196 valence electrons. The molecule has 10 nitrogen and oxygen atoms in total. The SMILES string of the molecule is CCNC(=O)c1ccc(Oc2ccc(CC(=O)ON)cc2OC)c(NS(=O)(=O)c2ccc(Cl)cc2Cl)c1. The maximum atomic E-state index is 13.2. The molecule has 1 amide bonds. The van der Waals surface area contributed by atoms with Gasteiger partial charge in [-0.2, -0.15) is 5.90 Å². The number of hydrogen-bond acceptors (Lipinski definition) is 8. The molecule has 3 rings (SSSR count). The first-order chi connectivity index (χ1) is 17.6. The lowest BCUT2D eigenvalue weighted by Crippen LogP contribution is -2.23. The number of nitrogens with one attached hydrogen (secondary N) is 2. The van der Waals surface area contributed by atoms with Gasteiger partial charge in [0.2, 0.25) is 0 Å². The van der Waals surface area contributed by atoms with Gasteiger partial charge in [-0.05, 0) is 61.0 Å². The largest absolute Gasteiger partial charge is 0.493 e. The van der Waals surface area contributed by atoms with Gasteiger partial charge in [-0.1, -0.05) is 29.3 Å². The van der Waals surface area contributed by atoms with E-state index in [4.69, 9.17) is 38.6 Å². The molecule has 0 bridgehead atoms. The maximum absolute atomic E-state index is 13.2. The molecule has 0 saturated heterocycles. The number of rotatable bonds is 10. The highest BCUT2D eigenvalue weighted by atomic mass is 35.5. The van der Waals surface area contributed by atoms with E-state index < -0.39 is 21.9 Å². The quantitative estimate of drug-likeness (QED) is 0.307. The van der Waals surface area contributed by atoms with Crippen molar-refractivity contribution < 1.29 is 32.3 Å². The summed E-state index contributed by atoms with van der Waals surface area (Å²) in [5.41, 5.74) is 0.703. The Labute approximate surface area is 223 Å². The second kappa shape index (κ2) is 12.2. The molecule has 0 fully saturated rings. The predicted octanol–water partition coefficient (Wildman–Crippen LogP) is 4.30. The van der Waals surface area contributed by atoms with Gasteiger partial charge in [-0.15, -0.1) is 0 Å². The third-order valence-corrected chi connectivity index (χ3v) is 7.02. The van der Waals surface area contributed by atoms with Gasteiger partial charge in [0, 0.05) is 17.1 Å². The second-order valence-corrected chi connectivity index (χ2v) is 10.00. The van der Waals surface area contributed by atoms with Crippen LogP contribution in [0.15, 0.2) is 59.5 Å². The van der Waals surface area contributed by atoms with E-state index in [2.05, 4.69) is 14.9 Å². The summed E-state index contributed by atoms with van der Waals surface area (Å²) in [6.45, 7) is 2.13. The van der Waals surface area contributed by atoms with Crippen LogP contribution >= 0.6 is 23.2 Å². The van der Waals surface area contributed by atoms with E-state index in [0.29, 0.717) is 12.1 Å². The van der Waals surface area contributed by atoms with Crippen LogP contribution in [0.1, 0.15) is 22.8 Å². The third kappa shape index (κ3) is 7.04. The molecular formula is C24H23Cl2N3O7S. The number of carbonyl (C=O) groups excluding carboxylic acids is 2. The second-order valence-electron chi connectivity index (χ2n) is 7.50. The highest BCUT2D eigenvalue weighted by molar-refractivity contribution is 7.92. The number of hydrogen-bond donors (Lipinski definition) is 3. The van der Waals surface area contributed by atoms with Crippen molar-refractivity contribution in [1.29, 1.82) is 0 Å². The van der Waals surface area contributed by atoms with Crippen LogP contribution in [0.4, 0.5) is 5.69 Å². The minimum atomic E-state index is -4.22. The number of carbonyl (C=O) groups is 2. The number of anilines is 1. The Bertz CT molecular complexity index is 1430. The number of nitrogens with two attached hydrogens (primary N) is 1. The van der Waals surface area contributed by atoms with Gasteiger partial charge in [-0.3, -0.25) is 14.3 Å². The van der Waals surface area contributed by atoms with Crippen LogP contribution in [0, 0.1) is 0 Å². The van der Waals surface area contributed by atoms with Gasteiger partial charge < -0.3 is 19.6 Å². The highest BCUT2D eigenvalue weighted by Crippen LogP contribution is 2.38. The minimum absolute atomic E-state index is 0.0346. The Morgan fingerprint density at radius 3 is 2.35 bits per heavy atom. The van der Waals surface area contributed by atoms with E-state index in [1.165, 1.54) is 49.6 Å². The standard InChI is InChI=1S/C24H23Cl2N3O7S/c1-3-28-24(31)15-5-8-19(35-20-7-4-14(10-21(20)34-2)11-23(30)36-27)18(12-15)29-37(32,33)22-9-6-16(25)13-17(22)26/h4-10,12-13,29H,3,11,27H2,1-2H3,(H,28,31). The lowest BCUT2D eigenvalue weighted by atomic mass is 10.1. The number of halogens is 2. The Morgan fingerprint density at radius 1 is 0.973 bits per heavy atom. The van der Waals surface area contributed by atoms with Crippen LogP contribution in [0.2, 0.25) is 10.0 Å². The lowest BCUT2D eigenvalue weighted by molar-refractivity contribution is -0.143. The first-order valence-electron chi connectivity index (χ1n) is 10.7. The number of sulfonamides is 1. The zero-order valence-corrected chi connectivity index (χ0v) is 22.0. The van der Waals surface area contributed by atoms with Crippen LogP contribution in [-0.2, 0) is 26.1 Å². The summed E-state index contributed by atoms with van der Waals surface area (Å²) in [6, 6.07) is 12.9. The fourth-order valence-electron chi connectivity index (χ4n) is 3.23. The molecule has 0 aliphatic carbocycles. The van der Waals surface area contributed by atoms with Crippen molar-refractivity contribution in [3.63, 3.8) is 0 Å². The molecule has 3 aromatic rings. The number of benzene rings is 3. The van der Waals surface area contributed by atoms with E-state index in [0.717, 1.165) is 0 Å². The van der Waals surface area contributed by atoms with Crippen molar-refractivity contribution >= 4 is 50.8 Å². The first-order valence-corrected chi connectivity index (χ1v) is 13.0. The van der Waals surface area contributed by atoms with Crippen molar-refractivity contribution in [1.82, 2.24) is 5.32 Å². The maximum Gasteiger partial charge on any atom is 0.328 e. The predicted molar refractivity (Wildman–Crippen MR) is 139 cm³/mol. The van der Waals surface area contributed by atoms with Crippen LogP contribution in [0.25, 0.3) is 0 Å². The molecule has 37 heavy (non-hydrogen) atoms. The summed E-state index contributed by atoms with van der Waals surface area (Å²) < 4.78 is 40.1. The Kier molecular flexibility index (Phi) is 9.22. The molecule has 0 aliphatic heterocycles. The topological polar surface area (TPSA) is 146 Å². The highest BCUT2D eigenvalue weighted by Gasteiger charge is 2.22. The molecular weight excluding hydrogens is 545 g/mol. The summed E-state index contributed by atoms with van der Waals surface area (Å²) in [5, 5.41) is 2.83. The van der Waals surface area contributed by atoms with Gasteiger partial charge in [0.15, 0.2) is 17.2 Å². The molecule has 0 atom stereocenters. The van der Waals surface area contributed by atoms with Crippen LogP contribution in [0.5, 0.6) is 17.2 Å². The molecule has 0 unspecified atom stereocenters. The van der Waals surface area contributed by atoms with Crippen LogP contribution < -0.4 is 25.4 Å². The first kappa shape index (κ1) is 28.1. The average molecular weight is 568 g/mol. The molecule has 3 aromatic carbocycles. The van der Waals surface area contributed by atoms with E-state index in [1.54, 1.807) is 19.1 Å². The van der Waals surface area contributed by atoms with Gasteiger partial charge in [-0.25, -0.2) is 8.42 Å². The number of methoxy groups -OCH3 is 1. The Balaban J connectivity index is 2.03. The molecule has 0 aromatic heterocycles. The van der Waals surface area contributed by atoms with Gasteiger partial charge in [0.25, 0.3) is 15.9 Å². The van der Waals surface area contributed by atoms with E-state index >= 15 is 0 Å². The van der Waals surface area contributed by atoms with Gasteiger partial charge in [0.1, 0.15) is 4.90 Å². The van der Waals surface area contributed by atoms with Crippen molar-refractivity contribution in [3.8, 4) is 17.2 Å². The van der Waals surface area contributed by atoms with Crippen molar-refractivity contribution in [2.75, 3.05) is 18.4 Å². The monoisotopic (exact) mass is 567 g/mol. The Morgan fingerprint density at radius 2 is 1.70 bits per heavy atom. The Hall–Kier alpha value is -3.51. The van der Waals surface area contributed by atoms with Crippen molar-refractivity contribution in [2.24, 2.45) is 5.90 Å². The molecule has 0 saturated carbocycles. The van der Waals surface area contributed by atoms with Gasteiger partial charge >= 0.3 is 5.97 Å². The zero-order chi connectivity index (χ0) is 27.2. The lowest BCUT2D eigenvalue weighted by Gasteiger charge is -2.17. The van der Waals surface area contributed by atoms with Crippen molar-refractivity contribution in [3.05, 3.63) is 75.8 Å².